The zero-order valence-corrected chi connectivity index (χ0v) is 15.4. The Morgan fingerprint density at radius 3 is 2.48 bits per heavy atom. The van der Waals surface area contributed by atoms with Gasteiger partial charge in [-0.2, -0.15) is 0 Å². The second-order valence-electron chi connectivity index (χ2n) is 9.66. The van der Waals surface area contributed by atoms with Crippen LogP contribution in [0.4, 0.5) is 0 Å². The first-order chi connectivity index (χ1) is 10.5. The zero-order chi connectivity index (χ0) is 17.2. The molecule has 3 aliphatic carbocycles. The standard InChI is InChI=1S/C18H31BO4/c1-16(2,3)14(21)9-12(10-20)19-22-15-8-11-7-13(17(11,4)5)18(15,6)23-19/h11-13,15,20H,7-10H2,1-6H3/t11-,12-,13-,15+,18-/m0/s1. The van der Waals surface area contributed by atoms with Crippen LogP contribution in [0.1, 0.15) is 60.8 Å². The molecule has 130 valence electrons. The van der Waals surface area contributed by atoms with Crippen molar-refractivity contribution in [3.8, 4) is 0 Å². The van der Waals surface area contributed by atoms with Crippen molar-refractivity contribution < 1.29 is 19.2 Å². The quantitative estimate of drug-likeness (QED) is 0.808. The first-order valence-corrected chi connectivity index (χ1v) is 8.97. The number of aliphatic hydroxyl groups excluding tert-OH is 1. The number of rotatable bonds is 4. The molecule has 1 N–H and O–H groups in total. The minimum absolute atomic E-state index is 0.0766. The molecule has 0 aromatic carbocycles. The van der Waals surface area contributed by atoms with Gasteiger partial charge in [-0.05, 0) is 37.0 Å². The molecule has 5 heteroatoms. The van der Waals surface area contributed by atoms with E-state index >= 15 is 0 Å². The van der Waals surface area contributed by atoms with Gasteiger partial charge in [-0.1, -0.05) is 34.6 Å². The van der Waals surface area contributed by atoms with E-state index in [1.807, 2.05) is 20.8 Å². The molecule has 4 fully saturated rings. The second-order valence-corrected chi connectivity index (χ2v) is 9.66. The lowest BCUT2D eigenvalue weighted by atomic mass is 9.43. The SMILES string of the molecule is CC(C)(C)C(=O)C[C@@H](CO)B1O[C@@H]2C[C@@H]3C[C@@H](C3(C)C)[C@]2(C)O1. The lowest BCUT2D eigenvalue weighted by molar-refractivity contribution is -0.199. The lowest BCUT2D eigenvalue weighted by Crippen LogP contribution is -2.65. The summed E-state index contributed by atoms with van der Waals surface area (Å²) in [5.74, 6) is 1.08. The summed E-state index contributed by atoms with van der Waals surface area (Å²) >= 11 is 0. The molecule has 23 heavy (non-hydrogen) atoms. The topological polar surface area (TPSA) is 55.8 Å². The Balaban J connectivity index is 1.72. The van der Waals surface area contributed by atoms with E-state index in [1.165, 1.54) is 6.42 Å². The summed E-state index contributed by atoms with van der Waals surface area (Å²) in [6.07, 6.45) is 2.65. The Morgan fingerprint density at radius 1 is 1.30 bits per heavy atom. The van der Waals surface area contributed by atoms with E-state index in [4.69, 9.17) is 9.31 Å². The van der Waals surface area contributed by atoms with Crippen molar-refractivity contribution in [3.63, 3.8) is 0 Å². The minimum atomic E-state index is -0.462. The smallest absolute Gasteiger partial charge is 0.405 e. The fourth-order valence-electron chi connectivity index (χ4n) is 4.89. The Morgan fingerprint density at radius 2 is 1.96 bits per heavy atom. The first kappa shape index (κ1) is 17.4. The summed E-state index contributed by atoms with van der Waals surface area (Å²) in [5, 5.41) is 9.79. The van der Waals surface area contributed by atoms with Gasteiger partial charge in [0.25, 0.3) is 0 Å². The molecule has 0 radical (unpaired) electrons. The van der Waals surface area contributed by atoms with Crippen LogP contribution in [-0.2, 0) is 14.1 Å². The number of hydrogen-bond donors (Lipinski definition) is 1. The van der Waals surface area contributed by atoms with Gasteiger partial charge in [-0.3, -0.25) is 4.79 Å². The van der Waals surface area contributed by atoms with Crippen LogP contribution in [0.3, 0.4) is 0 Å². The summed E-state index contributed by atoms with van der Waals surface area (Å²) in [6.45, 7) is 12.5. The summed E-state index contributed by atoms with van der Waals surface area (Å²) in [5.41, 5.74) is -0.368. The zero-order valence-electron chi connectivity index (χ0n) is 15.4. The number of Topliss-reactive ketones (excluding diaryl/α,β-unsaturated/α-hetero) is 1. The van der Waals surface area contributed by atoms with Gasteiger partial charge in [0.1, 0.15) is 5.78 Å². The average Bonchev–Trinajstić information content (AvgIpc) is 2.79. The summed E-state index contributed by atoms with van der Waals surface area (Å²) in [6, 6.07) is 0. The van der Waals surface area contributed by atoms with E-state index in [-0.39, 0.29) is 29.9 Å². The van der Waals surface area contributed by atoms with E-state index in [1.54, 1.807) is 0 Å². The monoisotopic (exact) mass is 322 g/mol. The van der Waals surface area contributed by atoms with Crippen LogP contribution in [0.15, 0.2) is 0 Å². The van der Waals surface area contributed by atoms with Gasteiger partial charge in [-0.15, -0.1) is 0 Å². The molecule has 1 saturated heterocycles. The maximum absolute atomic E-state index is 12.3. The molecule has 4 aliphatic rings. The average molecular weight is 322 g/mol. The van der Waals surface area contributed by atoms with Gasteiger partial charge in [0, 0.05) is 24.3 Å². The molecule has 0 aromatic rings. The maximum Gasteiger partial charge on any atom is 0.463 e. The molecule has 0 spiro atoms. The van der Waals surface area contributed by atoms with Crippen LogP contribution >= 0.6 is 0 Å². The van der Waals surface area contributed by atoms with Crippen molar-refractivity contribution in [2.75, 3.05) is 6.61 Å². The lowest BCUT2D eigenvalue weighted by Gasteiger charge is -2.64. The van der Waals surface area contributed by atoms with E-state index in [9.17, 15) is 9.90 Å². The molecule has 0 aromatic heterocycles. The highest BCUT2D eigenvalue weighted by Crippen LogP contribution is 2.66. The number of hydrogen-bond acceptors (Lipinski definition) is 4. The summed E-state index contributed by atoms with van der Waals surface area (Å²) in [7, 11) is -0.462. The Labute approximate surface area is 140 Å². The van der Waals surface area contributed by atoms with Crippen molar-refractivity contribution in [2.45, 2.75) is 78.3 Å². The van der Waals surface area contributed by atoms with Crippen molar-refractivity contribution in [1.82, 2.24) is 0 Å². The first-order valence-electron chi connectivity index (χ1n) is 8.97. The Hall–Kier alpha value is -0.385. The maximum atomic E-state index is 12.3. The van der Waals surface area contributed by atoms with E-state index < -0.39 is 12.5 Å². The normalized spacial score (nSPS) is 39.6. The van der Waals surface area contributed by atoms with Gasteiger partial charge in [-0.25, -0.2) is 0 Å². The van der Waals surface area contributed by atoms with Crippen molar-refractivity contribution in [3.05, 3.63) is 0 Å². The van der Waals surface area contributed by atoms with E-state index in [0.717, 1.165) is 6.42 Å². The predicted molar refractivity (Wildman–Crippen MR) is 90.0 cm³/mol. The van der Waals surface area contributed by atoms with Crippen molar-refractivity contribution in [1.29, 1.82) is 0 Å². The molecule has 4 rings (SSSR count). The third-order valence-corrected chi connectivity index (χ3v) is 6.87. The van der Waals surface area contributed by atoms with Crippen LogP contribution in [0.5, 0.6) is 0 Å². The molecule has 2 bridgehead atoms. The molecule has 5 atom stereocenters. The highest BCUT2D eigenvalue weighted by atomic mass is 16.7. The Kier molecular flexibility index (Phi) is 4.02. The van der Waals surface area contributed by atoms with Crippen molar-refractivity contribution in [2.24, 2.45) is 22.7 Å². The Bertz CT molecular complexity index is 498. The highest BCUT2D eigenvalue weighted by molar-refractivity contribution is 6.48. The highest BCUT2D eigenvalue weighted by Gasteiger charge is 2.68. The molecule has 3 saturated carbocycles. The van der Waals surface area contributed by atoms with Crippen LogP contribution in [0, 0.1) is 22.7 Å². The van der Waals surface area contributed by atoms with Crippen molar-refractivity contribution >= 4 is 12.9 Å². The summed E-state index contributed by atoms with van der Waals surface area (Å²) < 4.78 is 12.6. The molecule has 1 aliphatic heterocycles. The van der Waals surface area contributed by atoms with Crippen LogP contribution in [-0.4, -0.2) is 36.3 Å². The van der Waals surface area contributed by atoms with Gasteiger partial charge in [0.05, 0.1) is 11.7 Å². The third kappa shape index (κ3) is 2.59. The van der Waals surface area contributed by atoms with Gasteiger partial charge >= 0.3 is 7.12 Å². The second kappa shape index (κ2) is 5.30. The molecule has 0 amide bonds. The van der Waals surface area contributed by atoms with E-state index in [2.05, 4.69) is 20.8 Å². The minimum Gasteiger partial charge on any atom is -0.405 e. The fourth-order valence-corrected chi connectivity index (χ4v) is 4.89. The van der Waals surface area contributed by atoms with Crippen LogP contribution < -0.4 is 0 Å². The van der Waals surface area contributed by atoms with Gasteiger partial charge in [0.15, 0.2) is 0 Å². The number of aliphatic hydroxyl groups is 1. The third-order valence-electron chi connectivity index (χ3n) is 6.87. The van der Waals surface area contributed by atoms with Crippen LogP contribution in [0.2, 0.25) is 5.82 Å². The van der Waals surface area contributed by atoms with E-state index in [0.29, 0.717) is 23.7 Å². The van der Waals surface area contributed by atoms with Gasteiger partial charge in [0.2, 0.25) is 0 Å². The molecule has 4 nitrogen and oxygen atoms in total. The number of carbonyl (C=O) groups excluding carboxylic acids is 1. The molecular formula is C18H31BO4. The molecule has 0 unspecified atom stereocenters. The predicted octanol–water partition coefficient (Wildman–Crippen LogP) is 3.08. The number of ketones is 1. The van der Waals surface area contributed by atoms with Gasteiger partial charge < -0.3 is 14.4 Å². The van der Waals surface area contributed by atoms with Crippen LogP contribution in [0.25, 0.3) is 0 Å². The number of carbonyl (C=O) groups is 1. The molecule has 1 heterocycles. The largest absolute Gasteiger partial charge is 0.463 e. The molecular weight excluding hydrogens is 291 g/mol. The summed E-state index contributed by atoms with van der Waals surface area (Å²) in [4.78, 5) is 12.3. The fraction of sp³-hybridized carbons (Fsp3) is 0.944.